The molecular formula is C17H25NO2. The summed E-state index contributed by atoms with van der Waals surface area (Å²) in [4.78, 5) is 13.4. The largest absolute Gasteiger partial charge is 0.481 e. The SMILES string of the molecule is CC(C)c1ccc(C(C)N2CCC(C(=O)O)CC2)cc1. The molecule has 3 nitrogen and oxygen atoms in total. The molecule has 1 atom stereocenters. The van der Waals surface area contributed by atoms with Crippen LogP contribution < -0.4 is 0 Å². The summed E-state index contributed by atoms with van der Waals surface area (Å²) in [7, 11) is 0. The van der Waals surface area contributed by atoms with Gasteiger partial charge in [0.2, 0.25) is 0 Å². The van der Waals surface area contributed by atoms with E-state index in [9.17, 15) is 4.79 Å². The molecule has 3 heteroatoms. The second kappa shape index (κ2) is 6.40. The third-order valence-corrected chi connectivity index (χ3v) is 4.51. The molecule has 1 fully saturated rings. The summed E-state index contributed by atoms with van der Waals surface area (Å²) in [6.07, 6.45) is 1.54. The Hall–Kier alpha value is -1.35. The van der Waals surface area contributed by atoms with Crippen molar-refractivity contribution in [3.8, 4) is 0 Å². The maximum atomic E-state index is 11.0. The van der Waals surface area contributed by atoms with Crippen molar-refractivity contribution in [3.05, 3.63) is 35.4 Å². The molecule has 1 aliphatic heterocycles. The van der Waals surface area contributed by atoms with E-state index < -0.39 is 5.97 Å². The van der Waals surface area contributed by atoms with E-state index in [1.165, 1.54) is 11.1 Å². The molecule has 0 amide bonds. The van der Waals surface area contributed by atoms with E-state index in [1.807, 2.05) is 0 Å². The fourth-order valence-electron chi connectivity index (χ4n) is 2.90. The Morgan fingerprint density at radius 1 is 1.10 bits per heavy atom. The van der Waals surface area contributed by atoms with Gasteiger partial charge in [-0.05, 0) is 49.9 Å². The van der Waals surface area contributed by atoms with Crippen LogP contribution in [0, 0.1) is 5.92 Å². The average Bonchev–Trinajstić information content (AvgIpc) is 2.46. The zero-order valence-corrected chi connectivity index (χ0v) is 12.7. The van der Waals surface area contributed by atoms with Crippen LogP contribution in [0.5, 0.6) is 0 Å². The number of likely N-dealkylation sites (tertiary alicyclic amines) is 1. The van der Waals surface area contributed by atoms with E-state index in [-0.39, 0.29) is 5.92 Å². The van der Waals surface area contributed by atoms with Crippen LogP contribution in [-0.4, -0.2) is 29.1 Å². The number of benzene rings is 1. The fourth-order valence-corrected chi connectivity index (χ4v) is 2.90. The van der Waals surface area contributed by atoms with E-state index in [4.69, 9.17) is 5.11 Å². The maximum absolute atomic E-state index is 11.0. The summed E-state index contributed by atoms with van der Waals surface area (Å²) < 4.78 is 0. The minimum Gasteiger partial charge on any atom is -0.481 e. The van der Waals surface area contributed by atoms with Crippen molar-refractivity contribution in [3.63, 3.8) is 0 Å². The first-order valence-electron chi connectivity index (χ1n) is 7.55. The topological polar surface area (TPSA) is 40.5 Å². The first-order chi connectivity index (χ1) is 9.49. The lowest BCUT2D eigenvalue weighted by Gasteiger charge is -2.35. The molecule has 1 heterocycles. The molecule has 1 unspecified atom stereocenters. The number of carboxylic acid groups (broad SMARTS) is 1. The lowest BCUT2D eigenvalue weighted by molar-refractivity contribution is -0.143. The van der Waals surface area contributed by atoms with E-state index in [2.05, 4.69) is 49.9 Å². The monoisotopic (exact) mass is 275 g/mol. The Morgan fingerprint density at radius 3 is 2.05 bits per heavy atom. The van der Waals surface area contributed by atoms with Gasteiger partial charge in [0.15, 0.2) is 0 Å². The van der Waals surface area contributed by atoms with E-state index in [0.717, 1.165) is 25.9 Å². The Labute approximate surface area is 121 Å². The number of carboxylic acids is 1. The van der Waals surface area contributed by atoms with Crippen molar-refractivity contribution >= 4 is 5.97 Å². The highest BCUT2D eigenvalue weighted by Crippen LogP contribution is 2.27. The molecule has 1 saturated heterocycles. The average molecular weight is 275 g/mol. The summed E-state index contributed by atoms with van der Waals surface area (Å²) in [5.74, 6) is -0.231. The molecule has 1 aromatic rings. The molecule has 0 spiro atoms. The molecule has 0 radical (unpaired) electrons. The molecule has 0 bridgehead atoms. The molecule has 0 saturated carbocycles. The van der Waals surface area contributed by atoms with Crippen molar-refractivity contribution in [1.82, 2.24) is 4.90 Å². The first kappa shape index (κ1) is 15.0. The number of hydrogen-bond acceptors (Lipinski definition) is 2. The van der Waals surface area contributed by atoms with Gasteiger partial charge in [0, 0.05) is 6.04 Å². The first-order valence-corrected chi connectivity index (χ1v) is 7.55. The van der Waals surface area contributed by atoms with Gasteiger partial charge in [-0.3, -0.25) is 9.69 Å². The zero-order chi connectivity index (χ0) is 14.7. The Balaban J connectivity index is 1.98. The van der Waals surface area contributed by atoms with Crippen LogP contribution in [0.2, 0.25) is 0 Å². The number of rotatable bonds is 4. The second-order valence-electron chi connectivity index (χ2n) is 6.15. The Bertz CT molecular complexity index is 445. The number of piperidine rings is 1. The van der Waals surface area contributed by atoms with E-state index in [1.54, 1.807) is 0 Å². The van der Waals surface area contributed by atoms with Gasteiger partial charge in [-0.15, -0.1) is 0 Å². The van der Waals surface area contributed by atoms with Gasteiger partial charge >= 0.3 is 5.97 Å². The van der Waals surface area contributed by atoms with Gasteiger partial charge in [0.25, 0.3) is 0 Å². The summed E-state index contributed by atoms with van der Waals surface area (Å²) in [5, 5.41) is 9.04. The van der Waals surface area contributed by atoms with Crippen LogP contribution >= 0.6 is 0 Å². The standard InChI is InChI=1S/C17H25NO2/c1-12(2)14-4-6-15(7-5-14)13(3)18-10-8-16(9-11-18)17(19)20/h4-7,12-13,16H,8-11H2,1-3H3,(H,19,20). The molecule has 1 aromatic carbocycles. The van der Waals surface area contributed by atoms with Crippen molar-refractivity contribution in [1.29, 1.82) is 0 Å². The Kier molecular flexibility index (Phi) is 4.81. The normalized spacial score (nSPS) is 19.2. The van der Waals surface area contributed by atoms with Crippen molar-refractivity contribution in [2.75, 3.05) is 13.1 Å². The smallest absolute Gasteiger partial charge is 0.306 e. The molecule has 1 aliphatic rings. The van der Waals surface area contributed by atoms with Crippen LogP contribution in [0.3, 0.4) is 0 Å². The van der Waals surface area contributed by atoms with Crippen LogP contribution in [-0.2, 0) is 4.79 Å². The lowest BCUT2D eigenvalue weighted by Crippen LogP contribution is -2.37. The summed E-state index contributed by atoms with van der Waals surface area (Å²) in [6.45, 7) is 8.38. The van der Waals surface area contributed by atoms with Crippen LogP contribution in [0.1, 0.15) is 56.7 Å². The van der Waals surface area contributed by atoms with Crippen molar-refractivity contribution < 1.29 is 9.90 Å². The predicted molar refractivity (Wildman–Crippen MR) is 80.9 cm³/mol. The summed E-state index contributed by atoms with van der Waals surface area (Å²) in [6, 6.07) is 9.21. The maximum Gasteiger partial charge on any atom is 0.306 e. The quantitative estimate of drug-likeness (QED) is 0.911. The molecule has 20 heavy (non-hydrogen) atoms. The van der Waals surface area contributed by atoms with Crippen LogP contribution in [0.15, 0.2) is 24.3 Å². The predicted octanol–water partition coefficient (Wildman–Crippen LogP) is 3.67. The van der Waals surface area contributed by atoms with Crippen molar-refractivity contribution in [2.45, 2.75) is 45.6 Å². The number of carbonyl (C=O) groups is 1. The lowest BCUT2D eigenvalue weighted by atomic mass is 9.94. The Morgan fingerprint density at radius 2 is 1.60 bits per heavy atom. The molecule has 0 aliphatic carbocycles. The van der Waals surface area contributed by atoms with E-state index in [0.29, 0.717) is 12.0 Å². The van der Waals surface area contributed by atoms with Gasteiger partial charge in [0.05, 0.1) is 5.92 Å². The van der Waals surface area contributed by atoms with Crippen LogP contribution in [0.25, 0.3) is 0 Å². The van der Waals surface area contributed by atoms with E-state index >= 15 is 0 Å². The number of hydrogen-bond donors (Lipinski definition) is 1. The van der Waals surface area contributed by atoms with Gasteiger partial charge in [0.1, 0.15) is 0 Å². The molecule has 0 aromatic heterocycles. The van der Waals surface area contributed by atoms with Gasteiger partial charge in [-0.25, -0.2) is 0 Å². The van der Waals surface area contributed by atoms with Gasteiger partial charge in [-0.2, -0.15) is 0 Å². The minimum atomic E-state index is -0.640. The third-order valence-electron chi connectivity index (χ3n) is 4.51. The molecule has 2 rings (SSSR count). The molecule has 110 valence electrons. The van der Waals surface area contributed by atoms with Crippen molar-refractivity contribution in [2.24, 2.45) is 5.92 Å². The fraction of sp³-hybridized carbons (Fsp3) is 0.588. The molecular weight excluding hydrogens is 250 g/mol. The third kappa shape index (κ3) is 3.40. The number of aliphatic carboxylic acids is 1. The van der Waals surface area contributed by atoms with Crippen LogP contribution in [0.4, 0.5) is 0 Å². The zero-order valence-electron chi connectivity index (χ0n) is 12.7. The number of nitrogens with zero attached hydrogens (tertiary/aromatic N) is 1. The summed E-state index contributed by atoms with van der Waals surface area (Å²) in [5.41, 5.74) is 2.69. The minimum absolute atomic E-state index is 0.151. The highest BCUT2D eigenvalue weighted by Gasteiger charge is 2.27. The summed E-state index contributed by atoms with van der Waals surface area (Å²) >= 11 is 0. The second-order valence-corrected chi connectivity index (χ2v) is 6.15. The highest BCUT2D eigenvalue weighted by atomic mass is 16.4. The van der Waals surface area contributed by atoms with Gasteiger partial charge < -0.3 is 5.11 Å². The highest BCUT2D eigenvalue weighted by molar-refractivity contribution is 5.70. The molecule has 1 N–H and O–H groups in total. The van der Waals surface area contributed by atoms with Gasteiger partial charge in [-0.1, -0.05) is 38.1 Å².